The van der Waals surface area contributed by atoms with Crippen molar-refractivity contribution in [3.8, 4) is 0 Å². The lowest BCUT2D eigenvalue weighted by Gasteiger charge is -2.41. The molecule has 4 N–H and O–H groups in total. The maximum Gasteiger partial charge on any atom is 0.0907 e. The van der Waals surface area contributed by atoms with Gasteiger partial charge in [-0.1, -0.05) is 6.92 Å². The van der Waals surface area contributed by atoms with E-state index in [2.05, 4.69) is 57.7 Å². The van der Waals surface area contributed by atoms with Crippen molar-refractivity contribution in [2.75, 3.05) is 40.8 Å². The minimum atomic E-state index is 0.0897. The Kier molecular flexibility index (Phi) is 6.88. The number of likely N-dealkylation sites (N-methyl/N-ethyl adjacent to an activating group) is 1. The van der Waals surface area contributed by atoms with Gasteiger partial charge in [-0.2, -0.15) is 0 Å². The summed E-state index contributed by atoms with van der Waals surface area (Å²) < 4.78 is 0.968. The van der Waals surface area contributed by atoms with Gasteiger partial charge in [0, 0.05) is 25.2 Å². The average molecular weight is 286 g/mol. The molecule has 0 aromatic carbocycles. The second-order valence-corrected chi connectivity index (χ2v) is 7.49. The van der Waals surface area contributed by atoms with Crippen LogP contribution in [0.25, 0.3) is 0 Å². The van der Waals surface area contributed by atoms with E-state index in [1.54, 1.807) is 0 Å². The van der Waals surface area contributed by atoms with Crippen LogP contribution in [0, 0.1) is 5.92 Å². The monoisotopic (exact) mass is 286 g/mol. The van der Waals surface area contributed by atoms with E-state index < -0.39 is 0 Å². The van der Waals surface area contributed by atoms with E-state index in [4.69, 9.17) is 5.73 Å². The van der Waals surface area contributed by atoms with Crippen molar-refractivity contribution in [1.29, 1.82) is 0 Å². The highest BCUT2D eigenvalue weighted by Crippen LogP contribution is 2.21. The quantitative estimate of drug-likeness (QED) is 0.473. The van der Waals surface area contributed by atoms with Crippen LogP contribution in [0.2, 0.25) is 0 Å². The fraction of sp³-hybridized carbons (Fsp3) is 1.00. The summed E-state index contributed by atoms with van der Waals surface area (Å²) >= 11 is 0. The first-order valence-corrected chi connectivity index (χ1v) is 8.03. The smallest absolute Gasteiger partial charge is 0.0907 e. The Labute approximate surface area is 125 Å². The maximum absolute atomic E-state index is 6.13. The lowest BCUT2D eigenvalue weighted by Crippen LogP contribution is -2.63. The van der Waals surface area contributed by atoms with Crippen LogP contribution in [0.3, 0.4) is 0 Å². The van der Waals surface area contributed by atoms with Gasteiger partial charge in [-0.15, -0.1) is 0 Å². The molecule has 0 radical (unpaired) electrons. The molecule has 1 rings (SSSR count). The Bertz CT molecular complexity index is 274. The van der Waals surface area contributed by atoms with Crippen molar-refractivity contribution in [3.63, 3.8) is 0 Å². The van der Waals surface area contributed by atoms with Gasteiger partial charge in [0.2, 0.25) is 0 Å². The van der Waals surface area contributed by atoms with Crippen LogP contribution in [0.4, 0.5) is 0 Å². The molecule has 1 fully saturated rings. The van der Waals surface area contributed by atoms with Crippen molar-refractivity contribution in [2.24, 2.45) is 11.7 Å². The molecule has 0 aliphatic carbocycles. The van der Waals surface area contributed by atoms with Gasteiger partial charge in [0.05, 0.1) is 33.9 Å². The number of rotatable bonds is 7. The highest BCUT2D eigenvalue weighted by atomic mass is 15.6. The number of quaternary nitrogens is 1. The number of nitrogens with two attached hydrogens (primary N) is 1. The highest BCUT2D eigenvalue weighted by Gasteiger charge is 2.27. The zero-order valence-electron chi connectivity index (χ0n) is 14.3. The number of piperidine rings is 1. The third-order valence-electron chi connectivity index (χ3n) is 4.35. The van der Waals surface area contributed by atoms with Crippen LogP contribution in [-0.2, 0) is 0 Å². The molecule has 0 amide bonds. The van der Waals surface area contributed by atoms with Gasteiger partial charge in [0.15, 0.2) is 0 Å². The SMILES string of the molecule is CC(N)C(NCC[N+](C)(C)C)NN1CCCC(C)C1C. The Balaban J connectivity index is 2.46. The Morgan fingerprint density at radius 1 is 1.30 bits per heavy atom. The van der Waals surface area contributed by atoms with Crippen molar-refractivity contribution in [1.82, 2.24) is 15.8 Å². The molecule has 4 atom stereocenters. The van der Waals surface area contributed by atoms with Crippen LogP contribution in [-0.4, -0.2) is 68.5 Å². The van der Waals surface area contributed by atoms with Gasteiger partial charge in [-0.25, -0.2) is 10.4 Å². The molecule has 20 heavy (non-hydrogen) atoms. The highest BCUT2D eigenvalue weighted by molar-refractivity contribution is 4.80. The molecule has 5 nitrogen and oxygen atoms in total. The summed E-state index contributed by atoms with van der Waals surface area (Å²) in [6, 6.07) is 0.664. The zero-order valence-corrected chi connectivity index (χ0v) is 14.3. The summed E-state index contributed by atoms with van der Waals surface area (Å²) in [6.45, 7) is 9.89. The first-order valence-electron chi connectivity index (χ1n) is 8.03. The molecule has 0 spiro atoms. The minimum Gasteiger partial charge on any atom is -0.330 e. The van der Waals surface area contributed by atoms with Crippen molar-refractivity contribution in [3.05, 3.63) is 0 Å². The lowest BCUT2D eigenvalue weighted by atomic mass is 9.93. The van der Waals surface area contributed by atoms with E-state index in [1.165, 1.54) is 12.8 Å². The Hall–Kier alpha value is -0.200. The molecule has 1 saturated heterocycles. The van der Waals surface area contributed by atoms with Gasteiger partial charge >= 0.3 is 0 Å². The fourth-order valence-electron chi connectivity index (χ4n) is 2.60. The van der Waals surface area contributed by atoms with Gasteiger partial charge in [-0.3, -0.25) is 5.32 Å². The molecular formula is C15H36N5+. The van der Waals surface area contributed by atoms with Crippen molar-refractivity contribution >= 4 is 0 Å². The van der Waals surface area contributed by atoms with Crippen LogP contribution in [0.1, 0.15) is 33.6 Å². The molecule has 0 saturated carbocycles. The molecule has 4 unspecified atom stereocenters. The standard InChI is InChI=1S/C15H36N5/c1-12-8-7-10-19(14(12)3)18-15(13(2)16)17-9-11-20(4,5)6/h12-15,17-18H,7-11,16H2,1-6H3/q+1. The number of hydrazine groups is 1. The number of hydrogen-bond acceptors (Lipinski definition) is 4. The van der Waals surface area contributed by atoms with Crippen LogP contribution < -0.4 is 16.5 Å². The molecule has 120 valence electrons. The Morgan fingerprint density at radius 2 is 1.95 bits per heavy atom. The molecule has 1 aliphatic rings. The van der Waals surface area contributed by atoms with Gasteiger partial charge in [0.1, 0.15) is 0 Å². The zero-order chi connectivity index (χ0) is 15.3. The lowest BCUT2D eigenvalue weighted by molar-refractivity contribution is -0.869. The van der Waals surface area contributed by atoms with E-state index in [0.717, 1.165) is 30.0 Å². The molecule has 0 aromatic rings. The topological polar surface area (TPSA) is 53.3 Å². The summed E-state index contributed by atoms with van der Waals surface area (Å²) in [4.78, 5) is 0. The van der Waals surface area contributed by atoms with E-state index in [-0.39, 0.29) is 12.2 Å². The largest absolute Gasteiger partial charge is 0.330 e. The van der Waals surface area contributed by atoms with Gasteiger partial charge in [0.25, 0.3) is 0 Å². The summed E-state index contributed by atoms with van der Waals surface area (Å²) in [5, 5.41) is 5.94. The third-order valence-corrected chi connectivity index (χ3v) is 4.35. The molecule has 0 aromatic heterocycles. The minimum absolute atomic E-state index is 0.0897. The first-order chi connectivity index (χ1) is 9.20. The molecule has 0 bridgehead atoms. The van der Waals surface area contributed by atoms with Gasteiger partial charge in [-0.05, 0) is 32.6 Å². The van der Waals surface area contributed by atoms with Crippen molar-refractivity contribution < 1.29 is 4.48 Å². The van der Waals surface area contributed by atoms with Crippen molar-refractivity contribution in [2.45, 2.75) is 51.9 Å². The van der Waals surface area contributed by atoms with Gasteiger partial charge < -0.3 is 10.2 Å². The first kappa shape index (κ1) is 17.9. The molecular weight excluding hydrogens is 250 g/mol. The number of hydrogen-bond donors (Lipinski definition) is 3. The van der Waals surface area contributed by atoms with E-state index in [0.29, 0.717) is 6.04 Å². The van der Waals surface area contributed by atoms with E-state index in [1.807, 2.05) is 0 Å². The van der Waals surface area contributed by atoms with E-state index in [9.17, 15) is 0 Å². The maximum atomic E-state index is 6.13. The predicted octanol–water partition coefficient (Wildman–Crippen LogP) is 0.581. The van der Waals surface area contributed by atoms with Crippen LogP contribution >= 0.6 is 0 Å². The number of nitrogens with one attached hydrogen (secondary N) is 2. The summed E-state index contributed by atoms with van der Waals surface area (Å²) in [5.41, 5.74) is 9.74. The summed E-state index contributed by atoms with van der Waals surface area (Å²) in [5.74, 6) is 0.747. The molecule has 1 heterocycles. The second kappa shape index (κ2) is 7.71. The third kappa shape index (κ3) is 6.06. The molecule has 5 heteroatoms. The van der Waals surface area contributed by atoms with E-state index >= 15 is 0 Å². The Morgan fingerprint density at radius 3 is 2.50 bits per heavy atom. The second-order valence-electron chi connectivity index (χ2n) is 7.49. The number of nitrogens with zero attached hydrogens (tertiary/aromatic N) is 2. The molecule has 1 aliphatic heterocycles. The average Bonchev–Trinajstić information content (AvgIpc) is 2.31. The van der Waals surface area contributed by atoms with Crippen LogP contribution in [0.5, 0.6) is 0 Å². The summed E-state index contributed by atoms with van der Waals surface area (Å²) in [6.07, 6.45) is 2.74. The predicted molar refractivity (Wildman–Crippen MR) is 86.0 cm³/mol. The van der Waals surface area contributed by atoms with Crippen LogP contribution in [0.15, 0.2) is 0 Å². The fourth-order valence-corrected chi connectivity index (χ4v) is 2.60. The summed E-state index contributed by atoms with van der Waals surface area (Å²) in [7, 11) is 6.64. The normalized spacial score (nSPS) is 28.4.